The topological polar surface area (TPSA) is 104 Å². The zero-order valence-electron chi connectivity index (χ0n) is 22.5. The van der Waals surface area contributed by atoms with Gasteiger partial charge < -0.3 is 39.3 Å². The number of aliphatic hydroxyl groups is 1. The van der Waals surface area contributed by atoms with Crippen molar-refractivity contribution >= 4 is 12.1 Å². The fourth-order valence-corrected chi connectivity index (χ4v) is 5.32. The first kappa shape index (κ1) is 28.4. The third kappa shape index (κ3) is 9.03. The number of hydrogen-bond donors (Lipinski definition) is 2. The van der Waals surface area contributed by atoms with Crippen molar-refractivity contribution in [1.29, 1.82) is 0 Å². The second kappa shape index (κ2) is 15.1. The lowest BCUT2D eigenvalue weighted by Crippen LogP contribution is -2.48. The molecule has 1 aromatic carbocycles. The van der Waals surface area contributed by atoms with Gasteiger partial charge in [0.05, 0.1) is 19.3 Å². The van der Waals surface area contributed by atoms with Gasteiger partial charge in [-0.3, -0.25) is 0 Å². The van der Waals surface area contributed by atoms with Crippen LogP contribution in [0.1, 0.15) is 51.4 Å². The maximum atomic E-state index is 12.6. The van der Waals surface area contributed by atoms with Gasteiger partial charge in [0, 0.05) is 38.8 Å². The second-order valence-electron chi connectivity index (χ2n) is 10.4. The molecule has 3 aliphatic heterocycles. The molecule has 0 aromatic heterocycles. The highest BCUT2D eigenvalue weighted by Crippen LogP contribution is 2.23. The maximum absolute atomic E-state index is 12.6. The molecule has 38 heavy (non-hydrogen) atoms. The smallest absolute Gasteiger partial charge is 0.415 e. The van der Waals surface area contributed by atoms with Crippen molar-refractivity contribution in [3.63, 3.8) is 0 Å². The molecule has 0 radical (unpaired) electrons. The summed E-state index contributed by atoms with van der Waals surface area (Å²) >= 11 is 0. The number of ether oxygens (including phenoxy) is 3. The number of piperidine rings is 2. The van der Waals surface area contributed by atoms with Gasteiger partial charge in [0.1, 0.15) is 18.1 Å². The van der Waals surface area contributed by atoms with Crippen molar-refractivity contribution < 1.29 is 28.9 Å². The molecule has 3 aliphatic rings. The fourth-order valence-electron chi connectivity index (χ4n) is 5.32. The molecule has 10 heteroatoms. The number of hydrogen-bond acceptors (Lipinski definition) is 7. The highest BCUT2D eigenvalue weighted by Gasteiger charge is 2.28. The summed E-state index contributed by atoms with van der Waals surface area (Å²) in [5, 5.41) is 13.1. The first-order valence-electron chi connectivity index (χ1n) is 14.3. The summed E-state index contributed by atoms with van der Waals surface area (Å²) in [6, 6.07) is 7.48. The molecule has 0 bridgehead atoms. The van der Waals surface area contributed by atoms with Crippen molar-refractivity contribution in [2.45, 2.75) is 63.5 Å². The third-order valence-electron chi connectivity index (χ3n) is 7.64. The molecule has 10 nitrogen and oxygen atoms in total. The van der Waals surface area contributed by atoms with E-state index in [1.54, 1.807) is 34.1 Å². The number of nitrogens with zero attached hydrogens (tertiary/aromatic N) is 3. The van der Waals surface area contributed by atoms with Crippen LogP contribution >= 0.6 is 0 Å². The molecule has 0 saturated carbocycles. The number of morpholine rings is 1. The average molecular weight is 533 g/mol. The Morgan fingerprint density at radius 2 is 1.61 bits per heavy atom. The quantitative estimate of drug-likeness (QED) is 0.447. The van der Waals surface area contributed by atoms with Crippen LogP contribution in [0.3, 0.4) is 0 Å². The minimum atomic E-state index is -0.588. The van der Waals surface area contributed by atoms with Crippen molar-refractivity contribution in [3.8, 4) is 11.5 Å². The van der Waals surface area contributed by atoms with Gasteiger partial charge in [-0.15, -0.1) is 0 Å². The van der Waals surface area contributed by atoms with Crippen LogP contribution in [0.15, 0.2) is 24.3 Å². The van der Waals surface area contributed by atoms with Crippen LogP contribution in [0, 0.1) is 0 Å². The minimum absolute atomic E-state index is 0.0521. The molecule has 0 unspecified atom stereocenters. The normalized spacial score (nSPS) is 20.1. The van der Waals surface area contributed by atoms with Gasteiger partial charge in [0.15, 0.2) is 0 Å². The molecule has 0 spiro atoms. The number of nitrogens with one attached hydrogen (secondary N) is 1. The number of benzene rings is 1. The van der Waals surface area contributed by atoms with E-state index in [-0.39, 0.29) is 18.7 Å². The third-order valence-corrected chi connectivity index (χ3v) is 7.64. The molecule has 4 rings (SSSR count). The van der Waals surface area contributed by atoms with Crippen LogP contribution in [-0.4, -0.2) is 110 Å². The summed E-state index contributed by atoms with van der Waals surface area (Å²) in [6.07, 6.45) is 7.22. The Labute approximate surface area is 226 Å². The standard InChI is InChI=1S/C28H44N4O6/c33-24(6-2-3-13-29-27(34)31-18-20-36-21-19-31)22-37-25-7-9-26(10-8-25)38-28(35)32-16-11-23(12-17-32)30-14-4-1-5-15-30/h7-10,23-24,33H,1-6,11-22H2,(H,29,34)/t24-/m0/s1. The van der Waals surface area contributed by atoms with Gasteiger partial charge in [-0.05, 0) is 82.3 Å². The van der Waals surface area contributed by atoms with Crippen LogP contribution < -0.4 is 14.8 Å². The molecular formula is C28H44N4O6. The maximum Gasteiger partial charge on any atom is 0.415 e. The molecular weight excluding hydrogens is 488 g/mol. The molecule has 3 saturated heterocycles. The van der Waals surface area contributed by atoms with Gasteiger partial charge >= 0.3 is 12.1 Å². The van der Waals surface area contributed by atoms with Gasteiger partial charge in [-0.1, -0.05) is 6.42 Å². The molecule has 1 atom stereocenters. The van der Waals surface area contributed by atoms with E-state index in [2.05, 4.69) is 10.2 Å². The Bertz CT molecular complexity index is 849. The predicted molar refractivity (Wildman–Crippen MR) is 144 cm³/mol. The van der Waals surface area contributed by atoms with Gasteiger partial charge in [0.25, 0.3) is 0 Å². The fraction of sp³-hybridized carbons (Fsp3) is 0.714. The highest BCUT2D eigenvalue weighted by molar-refractivity contribution is 5.74. The lowest BCUT2D eigenvalue weighted by Gasteiger charge is -2.39. The number of urea groups is 1. The van der Waals surface area contributed by atoms with Crippen molar-refractivity contribution in [2.24, 2.45) is 0 Å². The summed E-state index contributed by atoms with van der Waals surface area (Å²) in [4.78, 5) is 30.8. The first-order valence-corrected chi connectivity index (χ1v) is 14.3. The van der Waals surface area contributed by atoms with E-state index >= 15 is 0 Å². The largest absolute Gasteiger partial charge is 0.491 e. The van der Waals surface area contributed by atoms with Crippen LogP contribution in [0.5, 0.6) is 11.5 Å². The van der Waals surface area contributed by atoms with Gasteiger partial charge in [-0.25, -0.2) is 9.59 Å². The van der Waals surface area contributed by atoms with E-state index in [9.17, 15) is 14.7 Å². The van der Waals surface area contributed by atoms with E-state index in [1.807, 2.05) is 0 Å². The minimum Gasteiger partial charge on any atom is -0.491 e. The Hall–Kier alpha value is -2.56. The molecule has 3 amide bonds. The summed E-state index contributed by atoms with van der Waals surface area (Å²) in [7, 11) is 0. The Kier molecular flexibility index (Phi) is 11.3. The molecule has 3 heterocycles. The number of likely N-dealkylation sites (tertiary alicyclic amines) is 2. The monoisotopic (exact) mass is 532 g/mol. The number of carbonyl (C=O) groups is 2. The number of rotatable bonds is 10. The number of carbonyl (C=O) groups excluding carboxylic acids is 2. The summed E-state index contributed by atoms with van der Waals surface area (Å²) in [5.41, 5.74) is 0. The van der Waals surface area contributed by atoms with Crippen LogP contribution in [0.25, 0.3) is 0 Å². The van der Waals surface area contributed by atoms with E-state index in [4.69, 9.17) is 14.2 Å². The second-order valence-corrected chi connectivity index (χ2v) is 10.4. The zero-order valence-corrected chi connectivity index (χ0v) is 22.5. The van der Waals surface area contributed by atoms with Crippen molar-refractivity contribution in [2.75, 3.05) is 65.6 Å². The van der Waals surface area contributed by atoms with Crippen molar-refractivity contribution in [3.05, 3.63) is 24.3 Å². The number of aliphatic hydroxyl groups excluding tert-OH is 1. The Morgan fingerprint density at radius 1 is 0.921 bits per heavy atom. The van der Waals surface area contributed by atoms with E-state index < -0.39 is 6.10 Å². The van der Waals surface area contributed by atoms with E-state index in [1.165, 1.54) is 32.4 Å². The van der Waals surface area contributed by atoms with Crippen LogP contribution in [0.2, 0.25) is 0 Å². The van der Waals surface area contributed by atoms with E-state index in [0.717, 1.165) is 38.8 Å². The lowest BCUT2D eigenvalue weighted by molar-refractivity contribution is 0.0532. The number of unbranched alkanes of at least 4 members (excludes halogenated alkanes) is 1. The predicted octanol–water partition coefficient (Wildman–Crippen LogP) is 3.09. The molecule has 2 N–H and O–H groups in total. The van der Waals surface area contributed by atoms with Gasteiger partial charge in [-0.2, -0.15) is 0 Å². The summed E-state index contributed by atoms with van der Waals surface area (Å²) in [5.74, 6) is 1.10. The lowest BCUT2D eigenvalue weighted by atomic mass is 10.0. The SMILES string of the molecule is O=C(NCCCC[C@H](O)COc1ccc(OC(=O)N2CCC(N3CCCCC3)CC2)cc1)N1CCOCC1. The van der Waals surface area contributed by atoms with E-state index in [0.29, 0.717) is 56.8 Å². The molecule has 1 aromatic rings. The highest BCUT2D eigenvalue weighted by atomic mass is 16.6. The van der Waals surface area contributed by atoms with Crippen LogP contribution in [-0.2, 0) is 4.74 Å². The summed E-state index contributed by atoms with van der Waals surface area (Å²) in [6.45, 7) is 7.05. The molecule has 0 aliphatic carbocycles. The van der Waals surface area contributed by atoms with Crippen LogP contribution in [0.4, 0.5) is 9.59 Å². The Morgan fingerprint density at radius 3 is 2.32 bits per heavy atom. The zero-order chi connectivity index (χ0) is 26.6. The van der Waals surface area contributed by atoms with Gasteiger partial charge in [0.2, 0.25) is 0 Å². The van der Waals surface area contributed by atoms with Crippen molar-refractivity contribution in [1.82, 2.24) is 20.0 Å². The summed E-state index contributed by atoms with van der Waals surface area (Å²) < 4.78 is 16.5. The average Bonchev–Trinajstić information content (AvgIpc) is 2.97. The molecule has 3 fully saturated rings. The number of amides is 3. The Balaban J connectivity index is 1.06. The first-order chi connectivity index (χ1) is 18.6. The molecule has 212 valence electrons.